The summed E-state index contributed by atoms with van der Waals surface area (Å²) in [5.41, 5.74) is 1.21. The van der Waals surface area contributed by atoms with Gasteiger partial charge in [-0.25, -0.2) is 12.7 Å². The smallest absolute Gasteiger partial charge is 0.219 e. The highest BCUT2D eigenvalue weighted by Crippen LogP contribution is 2.45. The minimum Gasteiger partial charge on any atom is -0.497 e. The van der Waals surface area contributed by atoms with Crippen LogP contribution in [0.25, 0.3) is 0 Å². The third kappa shape index (κ3) is 3.95. The monoisotopic (exact) mass is 367 g/mol. The maximum Gasteiger partial charge on any atom is 0.219 e. The predicted octanol–water partition coefficient (Wildman–Crippen LogP) is 3.23. The predicted molar refractivity (Wildman–Crippen MR) is 98.7 cm³/mol. The van der Waals surface area contributed by atoms with E-state index in [-0.39, 0.29) is 0 Å². The second-order valence-corrected chi connectivity index (χ2v) is 10.0. The van der Waals surface area contributed by atoms with Crippen LogP contribution in [0.3, 0.4) is 0 Å². The van der Waals surface area contributed by atoms with Gasteiger partial charge in [-0.3, -0.25) is 0 Å². The molecule has 3 rings (SSSR count). The molecule has 140 valence electrons. The summed E-state index contributed by atoms with van der Waals surface area (Å²) in [6, 6.07) is 5.98. The van der Waals surface area contributed by atoms with E-state index in [1.165, 1.54) is 5.56 Å². The highest BCUT2D eigenvalue weighted by molar-refractivity contribution is 7.90. The van der Waals surface area contributed by atoms with Crippen LogP contribution in [0.1, 0.15) is 44.6 Å². The number of aryl methyl sites for hydroxylation is 1. The average molecular weight is 368 g/mol. The zero-order valence-electron chi connectivity index (χ0n) is 15.5. The summed E-state index contributed by atoms with van der Waals surface area (Å²) in [5, 5.41) is 0. The zero-order chi connectivity index (χ0) is 18.1. The van der Waals surface area contributed by atoms with Gasteiger partial charge in [0.05, 0.1) is 19.0 Å². The molecule has 0 unspecified atom stereocenters. The molecule has 5 nitrogen and oxygen atoms in total. The first-order chi connectivity index (χ1) is 11.9. The molecule has 0 atom stereocenters. The van der Waals surface area contributed by atoms with E-state index in [4.69, 9.17) is 9.47 Å². The molecular formula is C19H29NO4S. The Hall–Kier alpha value is -1.27. The van der Waals surface area contributed by atoms with Gasteiger partial charge < -0.3 is 9.47 Å². The first kappa shape index (κ1) is 18.5. The quantitative estimate of drug-likeness (QED) is 0.742. The third-order valence-electron chi connectivity index (χ3n) is 5.74. The fourth-order valence-corrected chi connectivity index (χ4v) is 5.50. The molecule has 1 saturated heterocycles. The highest BCUT2D eigenvalue weighted by Gasteiger charge is 2.52. The summed E-state index contributed by atoms with van der Waals surface area (Å²) in [4.78, 5) is 0. The van der Waals surface area contributed by atoms with Gasteiger partial charge in [-0.15, -0.1) is 0 Å². The molecule has 2 fully saturated rings. The number of piperidine rings is 1. The van der Waals surface area contributed by atoms with E-state index in [9.17, 15) is 8.42 Å². The van der Waals surface area contributed by atoms with Crippen LogP contribution in [-0.4, -0.2) is 44.8 Å². The van der Waals surface area contributed by atoms with Crippen molar-refractivity contribution >= 4 is 10.0 Å². The van der Waals surface area contributed by atoms with E-state index in [2.05, 4.69) is 12.1 Å². The normalized spacial score (nSPS) is 21.1. The standard InChI is InChI=1S/C19H29NO4S/c1-19(8-9-19)25(21,22)20-10-6-15(7-11-20)4-5-16-12-17(23-2)14-18(13-16)24-3/h12-15H,4-11H2,1-3H3. The lowest BCUT2D eigenvalue weighted by molar-refractivity contribution is 0.261. The first-order valence-electron chi connectivity index (χ1n) is 9.09. The van der Waals surface area contributed by atoms with Gasteiger partial charge in [-0.2, -0.15) is 0 Å². The van der Waals surface area contributed by atoms with E-state index >= 15 is 0 Å². The molecule has 0 bridgehead atoms. The number of hydrogen-bond acceptors (Lipinski definition) is 4. The topological polar surface area (TPSA) is 55.8 Å². The summed E-state index contributed by atoms with van der Waals surface area (Å²) in [6.07, 6.45) is 5.57. The summed E-state index contributed by atoms with van der Waals surface area (Å²) >= 11 is 0. The Kier molecular flexibility index (Phi) is 5.30. The van der Waals surface area contributed by atoms with Crippen molar-refractivity contribution in [1.29, 1.82) is 0 Å². The van der Waals surface area contributed by atoms with Crippen LogP contribution >= 0.6 is 0 Å². The average Bonchev–Trinajstić information content (AvgIpc) is 3.39. The molecule has 1 aliphatic carbocycles. The molecule has 0 radical (unpaired) electrons. The summed E-state index contributed by atoms with van der Waals surface area (Å²) in [6.45, 7) is 3.22. The lowest BCUT2D eigenvalue weighted by Gasteiger charge is -2.33. The molecule has 0 aromatic heterocycles. The van der Waals surface area contributed by atoms with Crippen LogP contribution in [0.5, 0.6) is 11.5 Å². The van der Waals surface area contributed by atoms with Crippen molar-refractivity contribution in [2.45, 2.75) is 50.2 Å². The van der Waals surface area contributed by atoms with Gasteiger partial charge in [0, 0.05) is 19.2 Å². The molecule has 1 aromatic carbocycles. The largest absolute Gasteiger partial charge is 0.497 e. The van der Waals surface area contributed by atoms with Gasteiger partial charge in [-0.1, -0.05) is 0 Å². The van der Waals surface area contributed by atoms with Crippen LogP contribution in [0.4, 0.5) is 0 Å². The fraction of sp³-hybridized carbons (Fsp3) is 0.684. The van der Waals surface area contributed by atoms with Crippen molar-refractivity contribution in [2.75, 3.05) is 27.3 Å². The van der Waals surface area contributed by atoms with E-state index in [1.54, 1.807) is 18.5 Å². The number of nitrogens with zero attached hydrogens (tertiary/aromatic N) is 1. The highest BCUT2D eigenvalue weighted by atomic mass is 32.2. The van der Waals surface area contributed by atoms with Crippen molar-refractivity contribution in [2.24, 2.45) is 5.92 Å². The molecule has 1 heterocycles. The number of ether oxygens (including phenoxy) is 2. The third-order valence-corrected chi connectivity index (χ3v) is 8.44. The van der Waals surface area contributed by atoms with Crippen molar-refractivity contribution in [3.63, 3.8) is 0 Å². The molecule has 6 heteroatoms. The molecule has 0 spiro atoms. The van der Waals surface area contributed by atoms with Crippen molar-refractivity contribution < 1.29 is 17.9 Å². The maximum absolute atomic E-state index is 12.6. The number of sulfonamides is 1. The van der Waals surface area contributed by atoms with Crippen molar-refractivity contribution in [3.05, 3.63) is 23.8 Å². The van der Waals surface area contributed by atoms with E-state index in [1.807, 2.05) is 13.0 Å². The van der Waals surface area contributed by atoms with Crippen molar-refractivity contribution in [1.82, 2.24) is 4.31 Å². The molecule has 1 aliphatic heterocycles. The van der Waals surface area contributed by atoms with Gasteiger partial charge in [-0.05, 0) is 69.1 Å². The minimum absolute atomic E-state index is 0.475. The lowest BCUT2D eigenvalue weighted by Crippen LogP contribution is -2.43. The molecule has 0 amide bonds. The SMILES string of the molecule is COc1cc(CCC2CCN(S(=O)(=O)C3(C)CC3)CC2)cc(OC)c1. The first-order valence-corrected chi connectivity index (χ1v) is 10.5. The summed E-state index contributed by atoms with van der Waals surface area (Å²) < 4.78 is 37.1. The Balaban J connectivity index is 1.53. The van der Waals surface area contributed by atoms with Gasteiger partial charge in [0.2, 0.25) is 10.0 Å². The van der Waals surface area contributed by atoms with Crippen LogP contribution in [0, 0.1) is 5.92 Å². The Labute approximate surface area is 151 Å². The van der Waals surface area contributed by atoms with Gasteiger partial charge in [0.1, 0.15) is 11.5 Å². The molecular weight excluding hydrogens is 338 g/mol. The molecule has 25 heavy (non-hydrogen) atoms. The Morgan fingerprint density at radius 2 is 1.64 bits per heavy atom. The van der Waals surface area contributed by atoms with Crippen LogP contribution < -0.4 is 9.47 Å². The fourth-order valence-electron chi connectivity index (χ4n) is 3.57. The van der Waals surface area contributed by atoms with E-state index in [0.717, 1.165) is 50.0 Å². The maximum atomic E-state index is 12.6. The van der Waals surface area contributed by atoms with E-state index < -0.39 is 14.8 Å². The Morgan fingerprint density at radius 3 is 2.12 bits per heavy atom. The Bertz CT molecular complexity index is 682. The van der Waals surface area contributed by atoms with Crippen LogP contribution in [0.2, 0.25) is 0 Å². The minimum atomic E-state index is -3.10. The molecule has 1 saturated carbocycles. The lowest BCUT2D eigenvalue weighted by atomic mass is 9.91. The number of rotatable bonds is 7. The van der Waals surface area contributed by atoms with Crippen molar-refractivity contribution in [3.8, 4) is 11.5 Å². The summed E-state index contributed by atoms with van der Waals surface area (Å²) in [7, 11) is 0.227. The molecule has 1 aromatic rings. The zero-order valence-corrected chi connectivity index (χ0v) is 16.3. The summed E-state index contributed by atoms with van der Waals surface area (Å²) in [5.74, 6) is 2.21. The molecule has 2 aliphatic rings. The second-order valence-electron chi connectivity index (χ2n) is 7.56. The van der Waals surface area contributed by atoms with E-state index in [0.29, 0.717) is 19.0 Å². The Morgan fingerprint density at radius 1 is 1.08 bits per heavy atom. The van der Waals surface area contributed by atoms with Gasteiger partial charge >= 0.3 is 0 Å². The van der Waals surface area contributed by atoms with Crippen LogP contribution in [0.15, 0.2) is 18.2 Å². The van der Waals surface area contributed by atoms with Crippen LogP contribution in [-0.2, 0) is 16.4 Å². The van der Waals surface area contributed by atoms with Gasteiger partial charge in [0.15, 0.2) is 0 Å². The molecule has 0 N–H and O–H groups in total. The number of methoxy groups -OCH3 is 2. The number of hydrogen-bond donors (Lipinski definition) is 0. The second kappa shape index (κ2) is 7.16. The number of benzene rings is 1. The van der Waals surface area contributed by atoms with Gasteiger partial charge in [0.25, 0.3) is 0 Å².